The van der Waals surface area contributed by atoms with Crippen LogP contribution in [0.1, 0.15) is 45.4 Å². The minimum Gasteiger partial charge on any atom is -0.487 e. The van der Waals surface area contributed by atoms with Crippen molar-refractivity contribution in [3.63, 3.8) is 0 Å². The van der Waals surface area contributed by atoms with E-state index < -0.39 is 0 Å². The molecule has 0 fully saturated rings. The van der Waals surface area contributed by atoms with Gasteiger partial charge in [0.05, 0.1) is 17.8 Å². The molecule has 1 aromatic heterocycles. The predicted octanol–water partition coefficient (Wildman–Crippen LogP) is 3.71. The molecule has 21 heavy (non-hydrogen) atoms. The van der Waals surface area contributed by atoms with Gasteiger partial charge in [-0.3, -0.25) is 4.68 Å². The minimum absolute atomic E-state index is 0.375. The lowest BCUT2D eigenvalue weighted by Gasteiger charge is -2.02. The highest BCUT2D eigenvalue weighted by molar-refractivity contribution is 5.34. The molecule has 0 amide bonds. The van der Waals surface area contributed by atoms with Crippen molar-refractivity contribution >= 4 is 0 Å². The van der Waals surface area contributed by atoms with Crippen LogP contribution in [0.15, 0.2) is 30.5 Å². The Balaban J connectivity index is 0.000000713. The van der Waals surface area contributed by atoms with Crippen molar-refractivity contribution in [1.29, 1.82) is 5.26 Å². The molecular weight excluding hydrogens is 264 g/mol. The van der Waals surface area contributed by atoms with Crippen molar-refractivity contribution < 1.29 is 4.74 Å². The van der Waals surface area contributed by atoms with Crippen LogP contribution in [0.25, 0.3) is 0 Å². The highest BCUT2D eigenvalue weighted by Crippen LogP contribution is 2.12. The van der Waals surface area contributed by atoms with E-state index in [0.717, 1.165) is 5.69 Å². The largest absolute Gasteiger partial charge is 0.487 e. The van der Waals surface area contributed by atoms with Crippen LogP contribution < -0.4 is 4.74 Å². The maximum absolute atomic E-state index is 8.63. The van der Waals surface area contributed by atoms with Crippen molar-refractivity contribution in [1.82, 2.24) is 15.0 Å². The normalized spacial score (nSPS) is 8.57. The van der Waals surface area contributed by atoms with Gasteiger partial charge >= 0.3 is 0 Å². The van der Waals surface area contributed by atoms with Crippen molar-refractivity contribution in [3.8, 4) is 11.8 Å². The molecule has 0 unspecified atom stereocenters. The topological polar surface area (TPSA) is 63.7 Å². The van der Waals surface area contributed by atoms with Crippen LogP contribution in [0.5, 0.6) is 5.75 Å². The molecule has 2 rings (SSSR count). The summed E-state index contributed by atoms with van der Waals surface area (Å²) >= 11 is 0. The fourth-order valence-corrected chi connectivity index (χ4v) is 1.24. The summed E-state index contributed by atoms with van der Waals surface area (Å²) in [5.41, 5.74) is 1.39. The summed E-state index contributed by atoms with van der Waals surface area (Å²) in [5.74, 6) is 0.713. The molecule has 1 aromatic carbocycles. The summed E-state index contributed by atoms with van der Waals surface area (Å²) in [6.45, 7) is 8.62. The van der Waals surface area contributed by atoms with E-state index in [9.17, 15) is 0 Å². The van der Waals surface area contributed by atoms with E-state index in [4.69, 9.17) is 10.00 Å². The lowest BCUT2D eigenvalue weighted by molar-refractivity contribution is 0.301. The average molecular weight is 288 g/mol. The Bertz CT molecular complexity index is 526. The Morgan fingerprint density at radius 3 is 2.19 bits per heavy atom. The zero-order chi connectivity index (χ0) is 16.1. The number of hydrogen-bond donors (Lipinski definition) is 0. The highest BCUT2D eigenvalue weighted by Gasteiger charge is 1.99. The third kappa shape index (κ3) is 7.73. The summed E-state index contributed by atoms with van der Waals surface area (Å²) in [7, 11) is 1.80. The van der Waals surface area contributed by atoms with Crippen molar-refractivity contribution in [2.24, 2.45) is 7.05 Å². The quantitative estimate of drug-likeness (QED) is 0.863. The lowest BCUT2D eigenvalue weighted by atomic mass is 10.2. The van der Waals surface area contributed by atoms with E-state index in [0.29, 0.717) is 17.9 Å². The van der Waals surface area contributed by atoms with E-state index >= 15 is 0 Å². The van der Waals surface area contributed by atoms with Crippen LogP contribution in [0.3, 0.4) is 0 Å². The van der Waals surface area contributed by atoms with E-state index in [1.807, 2.05) is 13.8 Å². The van der Waals surface area contributed by atoms with Gasteiger partial charge in [0, 0.05) is 7.05 Å². The summed E-state index contributed by atoms with van der Waals surface area (Å²) in [5, 5.41) is 16.3. The molecule has 0 aliphatic heterocycles. The van der Waals surface area contributed by atoms with Crippen LogP contribution in [0.2, 0.25) is 0 Å². The van der Waals surface area contributed by atoms with E-state index in [-0.39, 0.29) is 0 Å². The van der Waals surface area contributed by atoms with Gasteiger partial charge in [0.25, 0.3) is 0 Å². The van der Waals surface area contributed by atoms with Crippen molar-refractivity contribution in [2.75, 3.05) is 0 Å². The molecule has 0 radical (unpaired) electrons. The maximum atomic E-state index is 8.63. The third-order valence-electron chi connectivity index (χ3n) is 2.02. The maximum Gasteiger partial charge on any atom is 0.134 e. The molecule has 5 heteroatoms. The number of nitriles is 1. The molecule has 0 aliphatic carbocycles. The Kier molecular flexibility index (Phi) is 10.2. The predicted molar refractivity (Wildman–Crippen MR) is 83.8 cm³/mol. The first-order valence-electron chi connectivity index (χ1n) is 7.17. The molecule has 0 atom stereocenters. The van der Waals surface area contributed by atoms with Gasteiger partial charge in [-0.15, -0.1) is 5.10 Å². The molecule has 0 bridgehead atoms. The van der Waals surface area contributed by atoms with Crippen LogP contribution >= 0.6 is 0 Å². The Morgan fingerprint density at radius 2 is 1.76 bits per heavy atom. The molecule has 0 saturated heterocycles. The molecule has 0 N–H and O–H groups in total. The van der Waals surface area contributed by atoms with E-state index in [1.165, 1.54) is 6.42 Å². The van der Waals surface area contributed by atoms with Gasteiger partial charge in [-0.25, -0.2) is 0 Å². The van der Waals surface area contributed by atoms with Gasteiger partial charge in [-0.1, -0.05) is 39.3 Å². The molecule has 1 heterocycles. The summed E-state index contributed by atoms with van der Waals surface area (Å²) in [4.78, 5) is 0. The van der Waals surface area contributed by atoms with Crippen LogP contribution in [-0.2, 0) is 13.7 Å². The summed E-state index contributed by atoms with van der Waals surface area (Å²) in [6, 6.07) is 9.00. The second-order valence-electron chi connectivity index (χ2n) is 4.02. The molecule has 114 valence electrons. The second kappa shape index (κ2) is 11.5. The van der Waals surface area contributed by atoms with Crippen LogP contribution in [-0.4, -0.2) is 15.0 Å². The highest BCUT2D eigenvalue weighted by atomic mass is 16.5. The number of aryl methyl sites for hydroxylation is 1. The van der Waals surface area contributed by atoms with Crippen LogP contribution in [0, 0.1) is 11.3 Å². The number of hydrogen-bond acceptors (Lipinski definition) is 4. The second-order valence-corrected chi connectivity index (χ2v) is 4.02. The number of aromatic nitrogens is 3. The molecule has 5 nitrogen and oxygen atoms in total. The Morgan fingerprint density at radius 1 is 1.19 bits per heavy atom. The monoisotopic (exact) mass is 288 g/mol. The molecule has 2 aromatic rings. The average Bonchev–Trinajstić information content (AvgIpc) is 2.94. The van der Waals surface area contributed by atoms with Gasteiger partial charge in [0.1, 0.15) is 18.1 Å². The lowest BCUT2D eigenvalue weighted by Crippen LogP contribution is -1.95. The number of ether oxygens (including phenoxy) is 1. The van der Waals surface area contributed by atoms with Gasteiger partial charge in [0.15, 0.2) is 0 Å². The van der Waals surface area contributed by atoms with Gasteiger partial charge in [-0.2, -0.15) is 5.26 Å². The Labute approximate surface area is 127 Å². The smallest absolute Gasteiger partial charge is 0.134 e. The molecule has 0 aliphatic rings. The summed E-state index contributed by atoms with van der Waals surface area (Å²) < 4.78 is 7.10. The van der Waals surface area contributed by atoms with Gasteiger partial charge in [-0.05, 0) is 24.3 Å². The zero-order valence-corrected chi connectivity index (χ0v) is 13.5. The van der Waals surface area contributed by atoms with E-state index in [1.54, 1.807) is 42.2 Å². The Hall–Kier alpha value is -2.35. The third-order valence-corrected chi connectivity index (χ3v) is 2.02. The van der Waals surface area contributed by atoms with Gasteiger partial charge < -0.3 is 4.74 Å². The van der Waals surface area contributed by atoms with E-state index in [2.05, 4.69) is 30.2 Å². The van der Waals surface area contributed by atoms with Crippen molar-refractivity contribution in [3.05, 3.63) is 41.7 Å². The summed E-state index contributed by atoms with van der Waals surface area (Å²) in [6.07, 6.45) is 3.05. The fourth-order valence-electron chi connectivity index (χ4n) is 1.24. The van der Waals surface area contributed by atoms with Gasteiger partial charge in [0.2, 0.25) is 0 Å². The first-order chi connectivity index (χ1) is 10.2. The minimum atomic E-state index is 0.375. The number of rotatable bonds is 3. The molecular formula is C16H24N4O. The zero-order valence-electron chi connectivity index (χ0n) is 13.5. The first-order valence-corrected chi connectivity index (χ1v) is 7.17. The standard InChI is InChI=1S/C11H10N4O.C3H8.C2H6/c1-15-7-10(13-14-15)8-16-11-4-2-9(6-12)3-5-11;1-3-2;1-2/h2-5,7H,8H2,1H3;3H2,1-2H3;1-2H3. The molecule has 0 spiro atoms. The van der Waals surface area contributed by atoms with Crippen LogP contribution in [0.4, 0.5) is 0 Å². The molecule has 0 saturated carbocycles. The first kappa shape index (κ1) is 18.7. The SMILES string of the molecule is CC.CCC.Cn1cc(COc2ccc(C#N)cc2)nn1. The number of nitrogens with zero attached hydrogens (tertiary/aromatic N) is 4. The number of benzene rings is 1. The van der Waals surface area contributed by atoms with Crippen molar-refractivity contribution in [2.45, 2.75) is 40.7 Å². The fraction of sp³-hybridized carbons (Fsp3) is 0.438.